The molecule has 8 heteroatoms. The van der Waals surface area contributed by atoms with Gasteiger partial charge in [-0.1, -0.05) is 11.6 Å². The zero-order valence-corrected chi connectivity index (χ0v) is 14.8. The Labute approximate surface area is 145 Å². The first kappa shape index (κ1) is 18.1. The van der Waals surface area contributed by atoms with Gasteiger partial charge in [-0.2, -0.15) is 0 Å². The van der Waals surface area contributed by atoms with Gasteiger partial charge in [0.25, 0.3) is 10.0 Å². The van der Waals surface area contributed by atoms with Crippen LogP contribution in [-0.2, 0) is 10.0 Å². The molecule has 2 rings (SSSR count). The van der Waals surface area contributed by atoms with E-state index in [-0.39, 0.29) is 21.2 Å². The summed E-state index contributed by atoms with van der Waals surface area (Å²) in [7, 11) is -2.52. The van der Waals surface area contributed by atoms with Crippen molar-refractivity contribution >= 4 is 33.3 Å². The van der Waals surface area contributed by atoms with E-state index in [2.05, 4.69) is 4.72 Å². The molecule has 2 N–H and O–H groups in total. The number of ether oxygens (including phenoxy) is 1. The number of hydrogen-bond donors (Lipinski definition) is 2. The average molecular weight is 370 g/mol. The Morgan fingerprint density at radius 2 is 1.88 bits per heavy atom. The van der Waals surface area contributed by atoms with E-state index < -0.39 is 16.0 Å². The molecule has 0 aliphatic rings. The minimum absolute atomic E-state index is 0.0909. The molecular weight excluding hydrogens is 354 g/mol. The zero-order chi connectivity index (χ0) is 18.1. The molecule has 6 nitrogen and oxygen atoms in total. The molecule has 0 aromatic heterocycles. The van der Waals surface area contributed by atoms with Gasteiger partial charge in [0.05, 0.1) is 28.3 Å². The van der Waals surface area contributed by atoms with Crippen molar-refractivity contribution in [2.75, 3.05) is 11.8 Å². The number of hydrogen-bond acceptors (Lipinski definition) is 4. The molecule has 128 valence electrons. The summed E-state index contributed by atoms with van der Waals surface area (Å²) >= 11 is 5.99. The quantitative estimate of drug-likeness (QED) is 0.841. The highest BCUT2D eigenvalue weighted by Gasteiger charge is 2.21. The molecule has 0 saturated carbocycles. The number of sulfonamides is 1. The minimum atomic E-state index is -3.97. The average Bonchev–Trinajstić information content (AvgIpc) is 2.49. The summed E-state index contributed by atoms with van der Waals surface area (Å²) in [4.78, 5) is 11.1. The fourth-order valence-electron chi connectivity index (χ4n) is 2.17. The van der Waals surface area contributed by atoms with Crippen LogP contribution in [0.5, 0.6) is 5.75 Å². The summed E-state index contributed by atoms with van der Waals surface area (Å²) in [6.07, 6.45) is 0. The fraction of sp³-hybridized carbons (Fsp3) is 0.188. The van der Waals surface area contributed by atoms with Crippen molar-refractivity contribution in [1.82, 2.24) is 0 Å². The lowest BCUT2D eigenvalue weighted by Gasteiger charge is -2.14. The maximum absolute atomic E-state index is 12.6. The topological polar surface area (TPSA) is 92.7 Å². The molecule has 0 radical (unpaired) electrons. The largest absolute Gasteiger partial charge is 0.495 e. The van der Waals surface area contributed by atoms with E-state index in [9.17, 15) is 13.2 Å². The van der Waals surface area contributed by atoms with Crippen LogP contribution in [0.3, 0.4) is 0 Å². The van der Waals surface area contributed by atoms with Gasteiger partial charge in [0.15, 0.2) is 0 Å². The standard InChI is InChI=1S/C16H16ClNO5S/c1-9-6-11(16(19)20)7-15(10(9)2)24(21,22)18-12-4-5-14(23-3)13(17)8-12/h4-8,18H,1-3H3,(H,19,20). The first-order valence-corrected chi connectivity index (χ1v) is 8.72. The second kappa shape index (κ2) is 6.70. The lowest BCUT2D eigenvalue weighted by Crippen LogP contribution is -2.16. The second-order valence-corrected chi connectivity index (χ2v) is 7.23. The monoisotopic (exact) mass is 369 g/mol. The Morgan fingerprint density at radius 1 is 1.21 bits per heavy atom. The smallest absolute Gasteiger partial charge is 0.335 e. The van der Waals surface area contributed by atoms with Gasteiger partial charge in [0, 0.05) is 0 Å². The minimum Gasteiger partial charge on any atom is -0.495 e. The highest BCUT2D eigenvalue weighted by Crippen LogP contribution is 2.29. The number of nitrogens with one attached hydrogen (secondary N) is 1. The Hall–Kier alpha value is -2.25. The summed E-state index contributed by atoms with van der Waals surface area (Å²) < 4.78 is 32.7. The summed E-state index contributed by atoms with van der Waals surface area (Å²) in [5, 5.41) is 9.38. The number of aryl methyl sites for hydroxylation is 1. The van der Waals surface area contributed by atoms with Crippen LogP contribution < -0.4 is 9.46 Å². The van der Waals surface area contributed by atoms with Crippen LogP contribution in [0.25, 0.3) is 0 Å². The predicted molar refractivity (Wildman–Crippen MR) is 91.7 cm³/mol. The van der Waals surface area contributed by atoms with Gasteiger partial charge in [-0.05, 0) is 55.3 Å². The Kier molecular flexibility index (Phi) is 5.05. The molecule has 0 saturated heterocycles. The van der Waals surface area contributed by atoms with E-state index in [1.54, 1.807) is 13.8 Å². The van der Waals surface area contributed by atoms with Crippen molar-refractivity contribution < 1.29 is 23.1 Å². The van der Waals surface area contributed by atoms with Crippen LogP contribution in [0.4, 0.5) is 5.69 Å². The van der Waals surface area contributed by atoms with Gasteiger partial charge in [-0.25, -0.2) is 13.2 Å². The summed E-state index contributed by atoms with van der Waals surface area (Å²) in [5.41, 5.74) is 1.21. The molecule has 0 heterocycles. The summed E-state index contributed by atoms with van der Waals surface area (Å²) in [6, 6.07) is 7.03. The maximum Gasteiger partial charge on any atom is 0.335 e. The molecule has 0 aliphatic heterocycles. The van der Waals surface area contributed by atoms with Crippen molar-refractivity contribution in [3.63, 3.8) is 0 Å². The SMILES string of the molecule is COc1ccc(NS(=O)(=O)c2cc(C(=O)O)cc(C)c2C)cc1Cl. The van der Waals surface area contributed by atoms with Crippen molar-refractivity contribution in [2.24, 2.45) is 0 Å². The maximum atomic E-state index is 12.6. The number of carboxylic acids is 1. The second-order valence-electron chi connectivity index (χ2n) is 5.18. The molecule has 2 aromatic carbocycles. The number of methoxy groups -OCH3 is 1. The first-order valence-electron chi connectivity index (χ1n) is 6.86. The molecule has 24 heavy (non-hydrogen) atoms. The van der Waals surface area contributed by atoms with Gasteiger partial charge in [0.2, 0.25) is 0 Å². The number of carbonyl (C=O) groups is 1. The van der Waals surface area contributed by atoms with Gasteiger partial charge in [-0.15, -0.1) is 0 Å². The fourth-order valence-corrected chi connectivity index (χ4v) is 3.82. The third kappa shape index (κ3) is 3.63. The molecular formula is C16H16ClNO5S. The van der Waals surface area contributed by atoms with Crippen molar-refractivity contribution in [3.8, 4) is 5.75 Å². The van der Waals surface area contributed by atoms with Crippen LogP contribution in [0.15, 0.2) is 35.2 Å². The number of carboxylic acid groups (broad SMARTS) is 1. The first-order chi connectivity index (χ1) is 11.2. The van der Waals surface area contributed by atoms with E-state index in [0.29, 0.717) is 16.9 Å². The van der Waals surface area contributed by atoms with Crippen LogP contribution in [0.2, 0.25) is 5.02 Å². The van der Waals surface area contributed by atoms with Crippen LogP contribution >= 0.6 is 11.6 Å². The van der Waals surface area contributed by atoms with Gasteiger partial charge < -0.3 is 9.84 Å². The Balaban J connectivity index is 2.48. The molecule has 0 bridgehead atoms. The van der Waals surface area contributed by atoms with Crippen LogP contribution in [0.1, 0.15) is 21.5 Å². The van der Waals surface area contributed by atoms with Gasteiger partial charge in [0.1, 0.15) is 5.75 Å². The molecule has 2 aromatic rings. The van der Waals surface area contributed by atoms with E-state index in [0.717, 1.165) is 6.07 Å². The normalized spacial score (nSPS) is 11.2. The van der Waals surface area contributed by atoms with Crippen molar-refractivity contribution in [2.45, 2.75) is 18.7 Å². The third-order valence-corrected chi connectivity index (χ3v) is 5.36. The van der Waals surface area contributed by atoms with Crippen LogP contribution in [0, 0.1) is 13.8 Å². The molecule has 0 spiro atoms. The van der Waals surface area contributed by atoms with Crippen LogP contribution in [-0.4, -0.2) is 26.6 Å². The molecule has 0 unspecified atom stereocenters. The van der Waals surface area contributed by atoms with Gasteiger partial charge in [-0.3, -0.25) is 4.72 Å². The van der Waals surface area contributed by atoms with Gasteiger partial charge >= 0.3 is 5.97 Å². The highest BCUT2D eigenvalue weighted by atomic mass is 35.5. The molecule has 0 atom stereocenters. The lowest BCUT2D eigenvalue weighted by atomic mass is 10.1. The van der Waals surface area contributed by atoms with E-state index >= 15 is 0 Å². The number of rotatable bonds is 5. The highest BCUT2D eigenvalue weighted by molar-refractivity contribution is 7.92. The number of halogens is 1. The van der Waals surface area contributed by atoms with E-state index in [4.69, 9.17) is 21.4 Å². The van der Waals surface area contributed by atoms with Crippen molar-refractivity contribution in [3.05, 3.63) is 52.0 Å². The predicted octanol–water partition coefficient (Wildman–Crippen LogP) is 3.46. The molecule has 0 fully saturated rings. The van der Waals surface area contributed by atoms with E-state index in [1.165, 1.54) is 31.4 Å². The molecule has 0 aliphatic carbocycles. The molecule has 0 amide bonds. The third-order valence-electron chi connectivity index (χ3n) is 3.56. The Bertz CT molecular complexity index is 909. The number of benzene rings is 2. The Morgan fingerprint density at radius 3 is 2.42 bits per heavy atom. The zero-order valence-electron chi connectivity index (χ0n) is 13.3. The number of anilines is 1. The lowest BCUT2D eigenvalue weighted by molar-refractivity contribution is 0.0696. The van der Waals surface area contributed by atoms with Crippen molar-refractivity contribution in [1.29, 1.82) is 0 Å². The number of aromatic carboxylic acids is 1. The summed E-state index contributed by atoms with van der Waals surface area (Å²) in [6.45, 7) is 3.28. The summed E-state index contributed by atoms with van der Waals surface area (Å²) in [5.74, 6) is -0.776. The van der Waals surface area contributed by atoms with E-state index in [1.807, 2.05) is 0 Å².